The van der Waals surface area contributed by atoms with E-state index < -0.39 is 0 Å². The smallest absolute Gasteiger partial charge is 0.142 e. The monoisotopic (exact) mass is 292 g/mol. The van der Waals surface area contributed by atoms with Gasteiger partial charge in [-0.25, -0.2) is 0 Å². The molecule has 0 radical (unpaired) electrons. The zero-order chi connectivity index (χ0) is 8.13. The third-order valence-corrected chi connectivity index (χ3v) is 4.80. The van der Waals surface area contributed by atoms with Gasteiger partial charge in [-0.2, -0.15) is 0 Å². The molecule has 2 saturated carbocycles. The molecule has 2 aliphatic carbocycles. The van der Waals surface area contributed by atoms with Gasteiger partial charge in [0, 0.05) is 5.92 Å². The van der Waals surface area contributed by atoms with E-state index >= 15 is 0 Å². The molecule has 12 heavy (non-hydrogen) atoms. The van der Waals surface area contributed by atoms with E-state index in [0.29, 0.717) is 0 Å². The Kier molecular flexibility index (Phi) is 1.69. The highest BCUT2D eigenvalue weighted by atomic mass is 127. The Morgan fingerprint density at radius 3 is 2.58 bits per heavy atom. The molecular weight excluding hydrogens is 283 g/mol. The van der Waals surface area contributed by atoms with E-state index in [2.05, 4.69) is 32.8 Å². The number of aromatic nitrogens is 2. The van der Waals surface area contributed by atoms with Crippen LogP contribution < -0.4 is 0 Å². The molecule has 2 nitrogen and oxygen atoms in total. The van der Waals surface area contributed by atoms with Crippen molar-refractivity contribution in [3.8, 4) is 0 Å². The first-order valence-electron chi connectivity index (χ1n) is 4.35. The first-order chi connectivity index (χ1) is 5.86. The molecule has 64 valence electrons. The fourth-order valence-corrected chi connectivity index (χ4v) is 4.14. The number of hydrogen-bond acceptors (Lipinski definition) is 3. The van der Waals surface area contributed by atoms with Crippen molar-refractivity contribution in [2.75, 3.05) is 0 Å². The van der Waals surface area contributed by atoms with Gasteiger partial charge in [0.1, 0.15) is 5.01 Å². The topological polar surface area (TPSA) is 25.8 Å². The van der Waals surface area contributed by atoms with E-state index in [0.717, 1.165) is 20.8 Å². The molecule has 1 heterocycles. The minimum absolute atomic E-state index is 0.805. The lowest BCUT2D eigenvalue weighted by Crippen LogP contribution is -1.86. The Morgan fingerprint density at radius 2 is 2.00 bits per heavy atom. The van der Waals surface area contributed by atoms with E-state index in [4.69, 9.17) is 0 Å². The van der Waals surface area contributed by atoms with Crippen LogP contribution in [-0.4, -0.2) is 10.2 Å². The third-order valence-electron chi connectivity index (χ3n) is 3.11. The molecule has 4 heteroatoms. The van der Waals surface area contributed by atoms with E-state index in [1.54, 1.807) is 11.3 Å². The second-order valence-electron chi connectivity index (χ2n) is 3.68. The minimum Gasteiger partial charge on any atom is -0.142 e. The average Bonchev–Trinajstić information content (AvgIpc) is 2.55. The lowest BCUT2D eigenvalue weighted by Gasteiger charge is -1.95. The quantitative estimate of drug-likeness (QED) is 0.744. The Bertz CT molecular complexity index is 302. The molecule has 0 saturated heterocycles. The number of fused-ring (bicyclic) bond motifs is 1. The van der Waals surface area contributed by atoms with Crippen LogP contribution in [0.3, 0.4) is 0 Å². The molecule has 0 spiro atoms. The van der Waals surface area contributed by atoms with Crippen LogP contribution in [0.2, 0.25) is 0 Å². The van der Waals surface area contributed by atoms with Crippen molar-refractivity contribution in [1.82, 2.24) is 10.2 Å². The Labute approximate surface area is 88.9 Å². The number of nitrogens with zero attached hydrogens (tertiary/aromatic N) is 2. The van der Waals surface area contributed by atoms with Gasteiger partial charge in [-0.15, -0.1) is 10.2 Å². The molecule has 0 aromatic carbocycles. The zero-order valence-corrected chi connectivity index (χ0v) is 9.51. The molecule has 2 unspecified atom stereocenters. The molecule has 2 fully saturated rings. The maximum absolute atomic E-state index is 4.22. The van der Waals surface area contributed by atoms with E-state index in [9.17, 15) is 0 Å². The highest BCUT2D eigenvalue weighted by Gasteiger charge is 2.54. The zero-order valence-electron chi connectivity index (χ0n) is 6.53. The summed E-state index contributed by atoms with van der Waals surface area (Å²) < 4.78 is 1.09. The highest BCUT2D eigenvalue weighted by molar-refractivity contribution is 14.1. The molecular formula is C8H9IN2S. The van der Waals surface area contributed by atoms with Crippen molar-refractivity contribution in [3.05, 3.63) is 8.02 Å². The van der Waals surface area contributed by atoms with Crippen LogP contribution in [0, 0.1) is 14.9 Å². The van der Waals surface area contributed by atoms with Crippen molar-refractivity contribution in [3.63, 3.8) is 0 Å². The molecule has 3 rings (SSSR count). The van der Waals surface area contributed by atoms with Gasteiger partial charge in [0.25, 0.3) is 0 Å². The summed E-state index contributed by atoms with van der Waals surface area (Å²) in [5.74, 6) is 2.77. The van der Waals surface area contributed by atoms with Crippen LogP contribution >= 0.6 is 33.9 Å². The number of halogens is 1. The molecule has 1 aromatic rings. The standard InChI is InChI=1S/C8H9IN2S/c9-8-11-10-7(12-8)6-4-2-1-3-5(4)6/h4-6H,1-3H2. The predicted octanol–water partition coefficient (Wildman–Crippen LogP) is 2.66. The van der Waals surface area contributed by atoms with Gasteiger partial charge in [0.2, 0.25) is 0 Å². The summed E-state index contributed by atoms with van der Waals surface area (Å²) in [6, 6.07) is 0. The van der Waals surface area contributed by atoms with Gasteiger partial charge >= 0.3 is 0 Å². The summed E-state index contributed by atoms with van der Waals surface area (Å²) in [7, 11) is 0. The average molecular weight is 292 g/mol. The first kappa shape index (κ1) is 7.67. The SMILES string of the molecule is Ic1nnc(C2C3CCCC32)s1. The molecule has 0 amide bonds. The summed E-state index contributed by atoms with van der Waals surface area (Å²) in [6.45, 7) is 0. The maximum Gasteiger partial charge on any atom is 0.178 e. The van der Waals surface area contributed by atoms with E-state index in [1.165, 1.54) is 24.3 Å². The van der Waals surface area contributed by atoms with Crippen molar-refractivity contribution >= 4 is 33.9 Å². The van der Waals surface area contributed by atoms with Gasteiger partial charge in [-0.3, -0.25) is 0 Å². The van der Waals surface area contributed by atoms with Crippen molar-refractivity contribution in [1.29, 1.82) is 0 Å². The second kappa shape index (κ2) is 2.64. The normalized spacial score (nSPS) is 38.2. The molecule has 0 N–H and O–H groups in total. The largest absolute Gasteiger partial charge is 0.178 e. The van der Waals surface area contributed by atoms with Gasteiger partial charge in [-0.1, -0.05) is 17.8 Å². The molecule has 1 aromatic heterocycles. The minimum atomic E-state index is 0.805. The second-order valence-corrected chi connectivity index (χ2v) is 6.44. The Morgan fingerprint density at radius 1 is 1.25 bits per heavy atom. The summed E-state index contributed by atoms with van der Waals surface area (Å²) in [5, 5.41) is 9.58. The number of hydrogen-bond donors (Lipinski definition) is 0. The van der Waals surface area contributed by atoms with Gasteiger partial charge in [0.05, 0.1) is 0 Å². The van der Waals surface area contributed by atoms with Crippen LogP contribution in [0.5, 0.6) is 0 Å². The van der Waals surface area contributed by atoms with Gasteiger partial charge < -0.3 is 0 Å². The molecule has 0 aliphatic heterocycles. The van der Waals surface area contributed by atoms with Crippen molar-refractivity contribution in [2.45, 2.75) is 25.2 Å². The lowest BCUT2D eigenvalue weighted by atomic mass is 10.2. The summed E-state index contributed by atoms with van der Waals surface area (Å²) in [6.07, 6.45) is 4.32. The van der Waals surface area contributed by atoms with Crippen LogP contribution in [0.4, 0.5) is 0 Å². The van der Waals surface area contributed by atoms with Crippen LogP contribution in [0.1, 0.15) is 30.2 Å². The Balaban J connectivity index is 1.84. The van der Waals surface area contributed by atoms with E-state index in [1.807, 2.05) is 0 Å². The van der Waals surface area contributed by atoms with Crippen LogP contribution in [0.15, 0.2) is 0 Å². The first-order valence-corrected chi connectivity index (χ1v) is 6.24. The van der Waals surface area contributed by atoms with Gasteiger partial charge in [0.15, 0.2) is 3.01 Å². The summed E-state index contributed by atoms with van der Waals surface area (Å²) in [5.41, 5.74) is 0. The van der Waals surface area contributed by atoms with Crippen LogP contribution in [-0.2, 0) is 0 Å². The predicted molar refractivity (Wildman–Crippen MR) is 56.2 cm³/mol. The lowest BCUT2D eigenvalue weighted by molar-refractivity contribution is 0.675. The molecule has 0 bridgehead atoms. The molecule has 2 atom stereocenters. The Hall–Kier alpha value is 0.290. The fourth-order valence-electron chi connectivity index (χ4n) is 2.54. The maximum atomic E-state index is 4.22. The van der Waals surface area contributed by atoms with Gasteiger partial charge in [-0.05, 0) is 47.3 Å². The summed E-state index contributed by atoms with van der Waals surface area (Å²) in [4.78, 5) is 0. The third kappa shape index (κ3) is 1.04. The number of rotatable bonds is 1. The van der Waals surface area contributed by atoms with Crippen molar-refractivity contribution < 1.29 is 0 Å². The van der Waals surface area contributed by atoms with Crippen molar-refractivity contribution in [2.24, 2.45) is 11.8 Å². The highest BCUT2D eigenvalue weighted by Crippen LogP contribution is 2.63. The van der Waals surface area contributed by atoms with E-state index in [-0.39, 0.29) is 0 Å². The van der Waals surface area contributed by atoms with Crippen LogP contribution in [0.25, 0.3) is 0 Å². The molecule has 2 aliphatic rings. The summed E-state index contributed by atoms with van der Waals surface area (Å²) >= 11 is 4.03. The fraction of sp³-hybridized carbons (Fsp3) is 0.750.